The van der Waals surface area contributed by atoms with Crippen LogP contribution in [0.1, 0.15) is 10.4 Å². The van der Waals surface area contributed by atoms with Crippen LogP contribution in [0.5, 0.6) is 0 Å². The highest BCUT2D eigenvalue weighted by molar-refractivity contribution is 5.97. The number of hydroxylamine groups is 1. The number of benzene rings is 1. The van der Waals surface area contributed by atoms with Crippen molar-refractivity contribution in [2.75, 3.05) is 7.11 Å². The summed E-state index contributed by atoms with van der Waals surface area (Å²) in [7, 11) is 1.10. The van der Waals surface area contributed by atoms with Crippen LogP contribution in [0.4, 0.5) is 14.5 Å². The molecule has 0 aromatic heterocycles. The molecule has 8 heteroatoms. The summed E-state index contributed by atoms with van der Waals surface area (Å²) in [5, 5.41) is 10.5. The fraction of sp³-hybridized carbons (Fsp3) is 0.125. The van der Waals surface area contributed by atoms with Gasteiger partial charge in [0, 0.05) is 0 Å². The van der Waals surface area contributed by atoms with Crippen molar-refractivity contribution in [3.05, 3.63) is 39.4 Å². The van der Waals surface area contributed by atoms with Gasteiger partial charge in [-0.3, -0.25) is 19.7 Å². The minimum Gasteiger partial charge on any atom is -0.277 e. The molecule has 1 N–H and O–H groups in total. The summed E-state index contributed by atoms with van der Waals surface area (Å²) in [6.07, 6.45) is 0. The van der Waals surface area contributed by atoms with Gasteiger partial charge in [0.15, 0.2) is 11.6 Å². The van der Waals surface area contributed by atoms with E-state index in [1.165, 1.54) is 0 Å². The van der Waals surface area contributed by atoms with Crippen molar-refractivity contribution in [3.63, 3.8) is 0 Å². The van der Waals surface area contributed by atoms with Crippen LogP contribution >= 0.6 is 0 Å². The molecule has 0 aliphatic carbocycles. The molecule has 0 fully saturated rings. The largest absolute Gasteiger partial charge is 0.285 e. The maximum Gasteiger partial charge on any atom is 0.285 e. The number of nitro benzene ring substituents is 1. The highest BCUT2D eigenvalue weighted by Gasteiger charge is 2.23. The van der Waals surface area contributed by atoms with Gasteiger partial charge in [-0.2, -0.15) is 0 Å². The van der Waals surface area contributed by atoms with Gasteiger partial charge in [0.05, 0.1) is 18.1 Å². The Hall–Kier alpha value is -2.09. The Kier molecular flexibility index (Phi) is 3.46. The van der Waals surface area contributed by atoms with Gasteiger partial charge in [-0.05, 0) is 6.07 Å². The number of carbonyl (C=O) groups is 1. The van der Waals surface area contributed by atoms with E-state index in [1.807, 2.05) is 0 Å². The Morgan fingerprint density at radius 2 is 2.00 bits per heavy atom. The molecule has 1 rings (SSSR count). The molecule has 0 aliphatic heterocycles. The number of halogens is 2. The highest BCUT2D eigenvalue weighted by atomic mass is 19.2. The average molecular weight is 232 g/mol. The van der Waals surface area contributed by atoms with Crippen molar-refractivity contribution in [3.8, 4) is 0 Å². The second-order valence-electron chi connectivity index (χ2n) is 2.68. The molecule has 6 nitrogen and oxygen atoms in total. The van der Waals surface area contributed by atoms with Crippen LogP contribution in [-0.2, 0) is 4.84 Å². The second kappa shape index (κ2) is 4.62. The van der Waals surface area contributed by atoms with Crippen LogP contribution < -0.4 is 5.48 Å². The van der Waals surface area contributed by atoms with Crippen LogP contribution in [0.3, 0.4) is 0 Å². The number of carbonyl (C=O) groups excluding carboxylic acids is 1. The molecule has 0 radical (unpaired) electrons. The molecule has 0 heterocycles. The van der Waals surface area contributed by atoms with Gasteiger partial charge in [0.25, 0.3) is 11.6 Å². The van der Waals surface area contributed by atoms with E-state index in [1.54, 1.807) is 5.48 Å². The molecule has 86 valence electrons. The molecule has 0 saturated carbocycles. The van der Waals surface area contributed by atoms with Crippen LogP contribution in [0, 0.1) is 21.7 Å². The number of rotatable bonds is 3. The van der Waals surface area contributed by atoms with E-state index in [2.05, 4.69) is 4.84 Å². The van der Waals surface area contributed by atoms with Gasteiger partial charge in [0.2, 0.25) is 0 Å². The van der Waals surface area contributed by atoms with Gasteiger partial charge in [-0.1, -0.05) is 0 Å². The van der Waals surface area contributed by atoms with Gasteiger partial charge < -0.3 is 0 Å². The molecule has 0 atom stereocenters. The normalized spacial score (nSPS) is 9.94. The van der Waals surface area contributed by atoms with Crippen LogP contribution in [-0.4, -0.2) is 17.9 Å². The number of hydrogen-bond acceptors (Lipinski definition) is 4. The Bertz CT molecular complexity index is 450. The summed E-state index contributed by atoms with van der Waals surface area (Å²) in [6.45, 7) is 0. The lowest BCUT2D eigenvalue weighted by Crippen LogP contribution is -2.23. The quantitative estimate of drug-likeness (QED) is 0.626. The zero-order valence-corrected chi connectivity index (χ0v) is 7.99. The van der Waals surface area contributed by atoms with Gasteiger partial charge in [-0.15, -0.1) is 0 Å². The smallest absolute Gasteiger partial charge is 0.277 e. The summed E-state index contributed by atoms with van der Waals surface area (Å²) in [4.78, 5) is 24.9. The van der Waals surface area contributed by atoms with E-state index < -0.39 is 33.7 Å². The highest BCUT2D eigenvalue weighted by Crippen LogP contribution is 2.22. The van der Waals surface area contributed by atoms with E-state index in [-0.39, 0.29) is 0 Å². The first-order valence-electron chi connectivity index (χ1n) is 3.94. The van der Waals surface area contributed by atoms with Crippen molar-refractivity contribution in [2.24, 2.45) is 0 Å². The van der Waals surface area contributed by atoms with Gasteiger partial charge >= 0.3 is 0 Å². The second-order valence-corrected chi connectivity index (χ2v) is 2.68. The minimum atomic E-state index is -1.40. The molecule has 1 aromatic rings. The fourth-order valence-corrected chi connectivity index (χ4v) is 1.02. The molecular weight excluding hydrogens is 226 g/mol. The standard InChI is InChI=1S/C8H6F2N2O4/c1-16-11-8(13)4-2-5(9)6(10)3-7(4)12(14)15/h2-3H,1H3,(H,11,13). The van der Waals surface area contributed by atoms with E-state index in [0.29, 0.717) is 12.1 Å². The fourth-order valence-electron chi connectivity index (χ4n) is 1.02. The lowest BCUT2D eigenvalue weighted by molar-refractivity contribution is -0.385. The lowest BCUT2D eigenvalue weighted by Gasteiger charge is -2.03. The summed E-state index contributed by atoms with van der Waals surface area (Å²) in [5.41, 5.74) is 0.312. The Morgan fingerprint density at radius 1 is 1.44 bits per heavy atom. The predicted octanol–water partition coefficient (Wildman–Crippen LogP) is 1.16. The number of nitrogens with one attached hydrogen (secondary N) is 1. The molecule has 0 aliphatic rings. The Balaban J connectivity index is 3.30. The van der Waals surface area contributed by atoms with Crippen LogP contribution in [0.25, 0.3) is 0 Å². The maximum atomic E-state index is 12.8. The summed E-state index contributed by atoms with van der Waals surface area (Å²) in [5.74, 6) is -3.79. The minimum absolute atomic E-state index is 0.333. The number of nitrogens with zero attached hydrogens (tertiary/aromatic N) is 1. The van der Waals surface area contributed by atoms with E-state index in [9.17, 15) is 23.7 Å². The molecule has 1 aromatic carbocycles. The van der Waals surface area contributed by atoms with Crippen molar-refractivity contribution >= 4 is 11.6 Å². The van der Waals surface area contributed by atoms with Gasteiger partial charge in [0.1, 0.15) is 5.56 Å². The predicted molar refractivity (Wildman–Crippen MR) is 47.5 cm³/mol. The van der Waals surface area contributed by atoms with Crippen molar-refractivity contribution in [1.29, 1.82) is 0 Å². The molecule has 0 saturated heterocycles. The SMILES string of the molecule is CONC(=O)c1cc(F)c(F)cc1[N+](=O)[O-]. The van der Waals surface area contributed by atoms with Crippen molar-refractivity contribution < 1.29 is 23.3 Å². The summed E-state index contributed by atoms with van der Waals surface area (Å²) >= 11 is 0. The third kappa shape index (κ3) is 2.28. The summed E-state index contributed by atoms with van der Waals surface area (Å²) in [6, 6.07) is 0.766. The molecule has 0 spiro atoms. The molecule has 16 heavy (non-hydrogen) atoms. The molecule has 0 bridgehead atoms. The molecule has 1 amide bonds. The maximum absolute atomic E-state index is 12.8. The first-order valence-corrected chi connectivity index (χ1v) is 3.94. The third-order valence-corrected chi connectivity index (χ3v) is 1.67. The van der Waals surface area contributed by atoms with Crippen LogP contribution in [0.2, 0.25) is 0 Å². The van der Waals surface area contributed by atoms with E-state index in [4.69, 9.17) is 0 Å². The number of hydrogen-bond donors (Lipinski definition) is 1. The number of nitro groups is 1. The third-order valence-electron chi connectivity index (χ3n) is 1.67. The Labute approximate surface area is 87.9 Å². The first kappa shape index (κ1) is 12.0. The average Bonchev–Trinajstić information content (AvgIpc) is 2.21. The first-order chi connectivity index (χ1) is 7.47. The Morgan fingerprint density at radius 3 is 2.50 bits per heavy atom. The lowest BCUT2D eigenvalue weighted by atomic mass is 10.1. The molecule has 0 unspecified atom stereocenters. The zero-order valence-electron chi connectivity index (χ0n) is 7.99. The molecular formula is C8H6F2N2O4. The van der Waals surface area contributed by atoms with Crippen molar-refractivity contribution in [2.45, 2.75) is 0 Å². The topological polar surface area (TPSA) is 81.5 Å². The zero-order chi connectivity index (χ0) is 12.3. The number of amides is 1. The van der Waals surface area contributed by atoms with Crippen LogP contribution in [0.15, 0.2) is 12.1 Å². The van der Waals surface area contributed by atoms with E-state index in [0.717, 1.165) is 7.11 Å². The summed E-state index contributed by atoms with van der Waals surface area (Å²) < 4.78 is 25.5. The monoisotopic (exact) mass is 232 g/mol. The van der Waals surface area contributed by atoms with Gasteiger partial charge in [-0.25, -0.2) is 14.3 Å². The van der Waals surface area contributed by atoms with Crippen molar-refractivity contribution in [1.82, 2.24) is 5.48 Å². The van der Waals surface area contributed by atoms with E-state index >= 15 is 0 Å².